The topological polar surface area (TPSA) is 68.9 Å². The maximum absolute atomic E-state index is 11.2. The lowest BCUT2D eigenvalue weighted by molar-refractivity contribution is 0.0995. The Morgan fingerprint density at radius 1 is 1.18 bits per heavy atom. The molecule has 2 rings (SSSR count). The predicted octanol–water partition coefficient (Wildman–Crippen LogP) is 1.86. The fourth-order valence-corrected chi connectivity index (χ4v) is 1.69. The van der Waals surface area contributed by atoms with Crippen molar-refractivity contribution in [1.82, 2.24) is 9.97 Å². The van der Waals surface area contributed by atoms with E-state index in [1.165, 1.54) is 0 Å². The van der Waals surface area contributed by atoms with Crippen molar-refractivity contribution >= 4 is 5.91 Å². The molecule has 1 aromatic carbocycles. The van der Waals surface area contributed by atoms with Gasteiger partial charge in [0.05, 0.1) is 5.69 Å². The summed E-state index contributed by atoms with van der Waals surface area (Å²) in [7, 11) is 0. The molecule has 0 unspecified atom stereocenters. The number of aromatic nitrogens is 2. The van der Waals surface area contributed by atoms with E-state index in [0.717, 1.165) is 16.8 Å². The first-order valence-electron chi connectivity index (χ1n) is 5.29. The van der Waals surface area contributed by atoms with Gasteiger partial charge in [-0.05, 0) is 25.5 Å². The molecule has 0 fully saturated rings. The van der Waals surface area contributed by atoms with Crippen molar-refractivity contribution in [2.45, 2.75) is 13.8 Å². The Bertz CT molecular complexity index is 579. The van der Waals surface area contributed by atoms with Crippen LogP contribution in [0.3, 0.4) is 0 Å². The van der Waals surface area contributed by atoms with Gasteiger partial charge in [0.25, 0.3) is 5.91 Å². The molecule has 0 aliphatic heterocycles. The zero-order chi connectivity index (χ0) is 12.4. The van der Waals surface area contributed by atoms with Crippen LogP contribution in [0.25, 0.3) is 11.3 Å². The van der Waals surface area contributed by atoms with Crippen LogP contribution in [-0.2, 0) is 0 Å². The van der Waals surface area contributed by atoms with E-state index in [1.807, 2.05) is 31.2 Å². The molecule has 4 nitrogen and oxygen atoms in total. The van der Waals surface area contributed by atoms with Gasteiger partial charge in [-0.2, -0.15) is 0 Å². The second-order valence-corrected chi connectivity index (χ2v) is 3.86. The van der Waals surface area contributed by atoms with E-state index in [0.29, 0.717) is 5.82 Å². The first kappa shape index (κ1) is 11.3. The summed E-state index contributed by atoms with van der Waals surface area (Å²) in [4.78, 5) is 19.5. The molecule has 4 heteroatoms. The highest BCUT2D eigenvalue weighted by molar-refractivity contribution is 5.91. The van der Waals surface area contributed by atoms with Crippen molar-refractivity contribution in [2.24, 2.45) is 5.73 Å². The molecule has 1 amide bonds. The van der Waals surface area contributed by atoms with Crippen LogP contribution in [0.5, 0.6) is 0 Å². The Morgan fingerprint density at radius 3 is 2.53 bits per heavy atom. The second-order valence-electron chi connectivity index (χ2n) is 3.86. The van der Waals surface area contributed by atoms with Crippen LogP contribution in [0, 0.1) is 13.8 Å². The van der Waals surface area contributed by atoms with Gasteiger partial charge in [0.1, 0.15) is 11.5 Å². The van der Waals surface area contributed by atoms with Crippen molar-refractivity contribution in [3.63, 3.8) is 0 Å². The Morgan fingerprint density at radius 2 is 1.88 bits per heavy atom. The monoisotopic (exact) mass is 227 g/mol. The highest BCUT2D eigenvalue weighted by Gasteiger charge is 2.09. The van der Waals surface area contributed by atoms with Crippen LogP contribution >= 0.6 is 0 Å². The third-order valence-corrected chi connectivity index (χ3v) is 2.51. The molecule has 0 saturated heterocycles. The first-order valence-corrected chi connectivity index (χ1v) is 5.29. The van der Waals surface area contributed by atoms with E-state index >= 15 is 0 Å². The summed E-state index contributed by atoms with van der Waals surface area (Å²) in [6, 6.07) is 9.47. The van der Waals surface area contributed by atoms with E-state index in [1.54, 1.807) is 13.0 Å². The molecule has 2 N–H and O–H groups in total. The maximum Gasteiger partial charge on any atom is 0.267 e. The minimum Gasteiger partial charge on any atom is -0.364 e. The first-order chi connectivity index (χ1) is 8.08. The Hall–Kier alpha value is -2.23. The largest absolute Gasteiger partial charge is 0.364 e. The normalized spacial score (nSPS) is 10.2. The molecule has 0 atom stereocenters. The smallest absolute Gasteiger partial charge is 0.267 e. The average Bonchev–Trinajstić information content (AvgIpc) is 2.28. The standard InChI is InChI=1S/C13H13N3O/c1-8-5-3-4-6-10(8)11-7-12(13(14)17)16-9(2)15-11/h3-7H,1-2H3,(H2,14,17). The van der Waals surface area contributed by atoms with Crippen molar-refractivity contribution in [2.75, 3.05) is 0 Å². The summed E-state index contributed by atoms with van der Waals surface area (Å²) in [5.41, 5.74) is 8.30. The van der Waals surface area contributed by atoms with Gasteiger partial charge in [0.2, 0.25) is 0 Å². The number of carbonyl (C=O) groups is 1. The lowest BCUT2D eigenvalue weighted by Gasteiger charge is -2.06. The van der Waals surface area contributed by atoms with Gasteiger partial charge in [-0.25, -0.2) is 9.97 Å². The predicted molar refractivity (Wildman–Crippen MR) is 65.5 cm³/mol. The lowest BCUT2D eigenvalue weighted by Crippen LogP contribution is -2.14. The van der Waals surface area contributed by atoms with Gasteiger partial charge in [0.15, 0.2) is 0 Å². The van der Waals surface area contributed by atoms with E-state index in [9.17, 15) is 4.79 Å². The summed E-state index contributed by atoms with van der Waals surface area (Å²) >= 11 is 0. The van der Waals surface area contributed by atoms with Crippen LogP contribution in [0.2, 0.25) is 0 Å². The third-order valence-electron chi connectivity index (χ3n) is 2.51. The lowest BCUT2D eigenvalue weighted by atomic mass is 10.1. The molecular formula is C13H13N3O. The number of amides is 1. The molecule has 86 valence electrons. The van der Waals surface area contributed by atoms with E-state index in [2.05, 4.69) is 9.97 Å². The maximum atomic E-state index is 11.2. The van der Waals surface area contributed by atoms with Gasteiger partial charge in [0, 0.05) is 5.56 Å². The number of primary amides is 1. The Kier molecular flexibility index (Phi) is 2.87. The van der Waals surface area contributed by atoms with E-state index < -0.39 is 5.91 Å². The highest BCUT2D eigenvalue weighted by atomic mass is 16.1. The molecule has 0 spiro atoms. The zero-order valence-corrected chi connectivity index (χ0v) is 9.77. The van der Waals surface area contributed by atoms with E-state index in [4.69, 9.17) is 5.73 Å². The number of hydrogen-bond donors (Lipinski definition) is 1. The highest BCUT2D eigenvalue weighted by Crippen LogP contribution is 2.21. The molecule has 0 saturated carbocycles. The minimum absolute atomic E-state index is 0.246. The van der Waals surface area contributed by atoms with Crippen LogP contribution in [0.4, 0.5) is 0 Å². The van der Waals surface area contributed by atoms with Crippen LogP contribution in [-0.4, -0.2) is 15.9 Å². The van der Waals surface area contributed by atoms with Crippen LogP contribution < -0.4 is 5.73 Å². The van der Waals surface area contributed by atoms with Crippen LogP contribution in [0.1, 0.15) is 21.9 Å². The average molecular weight is 227 g/mol. The van der Waals surface area contributed by atoms with Crippen molar-refractivity contribution in [1.29, 1.82) is 0 Å². The summed E-state index contributed by atoms with van der Waals surface area (Å²) in [6.07, 6.45) is 0. The Balaban J connectivity index is 2.60. The van der Waals surface area contributed by atoms with Gasteiger partial charge >= 0.3 is 0 Å². The SMILES string of the molecule is Cc1nc(C(N)=O)cc(-c2ccccc2C)n1. The molecule has 1 heterocycles. The summed E-state index contributed by atoms with van der Waals surface area (Å²) < 4.78 is 0. The number of nitrogens with zero attached hydrogens (tertiary/aromatic N) is 2. The summed E-state index contributed by atoms with van der Waals surface area (Å²) in [6.45, 7) is 3.74. The van der Waals surface area contributed by atoms with Gasteiger partial charge < -0.3 is 5.73 Å². The molecule has 1 aromatic heterocycles. The quantitative estimate of drug-likeness (QED) is 0.851. The van der Waals surface area contributed by atoms with E-state index in [-0.39, 0.29) is 5.69 Å². The summed E-state index contributed by atoms with van der Waals surface area (Å²) in [5.74, 6) is 0.00453. The summed E-state index contributed by atoms with van der Waals surface area (Å²) in [5, 5.41) is 0. The van der Waals surface area contributed by atoms with Crippen molar-refractivity contribution in [3.8, 4) is 11.3 Å². The fourth-order valence-electron chi connectivity index (χ4n) is 1.69. The van der Waals surface area contributed by atoms with Gasteiger partial charge in [-0.3, -0.25) is 4.79 Å². The molecule has 0 aliphatic carbocycles. The Labute approximate surface area is 99.5 Å². The molecule has 0 aliphatic rings. The number of rotatable bonds is 2. The molecule has 17 heavy (non-hydrogen) atoms. The van der Waals surface area contributed by atoms with Crippen LogP contribution in [0.15, 0.2) is 30.3 Å². The second kappa shape index (κ2) is 4.33. The molecule has 0 bridgehead atoms. The number of carbonyl (C=O) groups excluding carboxylic acids is 1. The molecule has 0 radical (unpaired) electrons. The zero-order valence-electron chi connectivity index (χ0n) is 9.77. The number of nitrogens with two attached hydrogens (primary N) is 1. The number of benzene rings is 1. The molecule has 2 aromatic rings. The van der Waals surface area contributed by atoms with Crippen molar-refractivity contribution < 1.29 is 4.79 Å². The minimum atomic E-state index is -0.537. The van der Waals surface area contributed by atoms with Crippen molar-refractivity contribution in [3.05, 3.63) is 47.4 Å². The molecular weight excluding hydrogens is 214 g/mol. The van der Waals surface area contributed by atoms with Gasteiger partial charge in [-0.15, -0.1) is 0 Å². The fraction of sp³-hybridized carbons (Fsp3) is 0.154. The number of hydrogen-bond acceptors (Lipinski definition) is 3. The number of aryl methyl sites for hydroxylation is 2. The van der Waals surface area contributed by atoms with Gasteiger partial charge in [-0.1, -0.05) is 24.3 Å². The third kappa shape index (κ3) is 2.30.